The second-order valence-electron chi connectivity index (χ2n) is 13.5. The Morgan fingerprint density at radius 2 is 1.66 bits per heavy atom. The Balaban J connectivity index is 1.59. The summed E-state index contributed by atoms with van der Waals surface area (Å²) in [6.07, 6.45) is -1.68. The first kappa shape index (κ1) is 30.5. The van der Waals surface area contributed by atoms with Crippen molar-refractivity contribution in [3.8, 4) is 5.75 Å². The Kier molecular flexibility index (Phi) is 6.58. The van der Waals surface area contributed by atoms with Gasteiger partial charge in [0.15, 0.2) is 5.78 Å². The molecule has 10 nitrogen and oxygen atoms in total. The van der Waals surface area contributed by atoms with Gasteiger partial charge in [0.2, 0.25) is 11.8 Å². The molecule has 3 aromatic carbocycles. The van der Waals surface area contributed by atoms with Crippen molar-refractivity contribution < 1.29 is 37.8 Å². The Morgan fingerprint density at radius 3 is 2.34 bits per heavy atom. The average molecular weight is 638 g/mol. The summed E-state index contributed by atoms with van der Waals surface area (Å²) in [5.74, 6) is -7.13. The van der Waals surface area contributed by atoms with Crippen LogP contribution in [0.1, 0.15) is 57.0 Å². The SMILES string of the molecule is CC(=O)N1C(=O)[C@@]2(c3cc(F)ccc31)[C@H]1Oc3ccccc3C(=O)[C@@H]1C[C@]1(C(=O)N(c3ccccc3)N=C1C)[C@@H]2C(=O)OC(C)(C)C. The quantitative estimate of drug-likeness (QED) is 0.363. The van der Waals surface area contributed by atoms with E-state index in [1.54, 1.807) is 82.3 Å². The number of halogens is 1. The number of amides is 3. The standard InChI is InChI=1S/C36H32FN3O7/c1-19-35(32(44)40(38-19)22-11-7-6-8-12-22)18-24-28(42)23-13-9-10-14-27(23)46-30(24)36(29(35)31(43)47-34(3,4)5)25-17-21(37)15-16-26(25)39(20(2)41)33(36)45/h6-17,24,29-30H,18H2,1-5H3/t24-,29-,30-,35+,36+/m0/s1. The molecular formula is C36H32FN3O7. The molecule has 3 amide bonds. The molecule has 3 aliphatic heterocycles. The van der Waals surface area contributed by atoms with E-state index >= 15 is 14.0 Å². The van der Waals surface area contributed by atoms with Crippen molar-refractivity contribution in [1.29, 1.82) is 0 Å². The van der Waals surface area contributed by atoms with Crippen LogP contribution in [0.15, 0.2) is 77.9 Å². The van der Waals surface area contributed by atoms with Gasteiger partial charge in [0, 0.05) is 6.92 Å². The summed E-state index contributed by atoms with van der Waals surface area (Å²) in [6, 6.07) is 18.5. The molecule has 0 radical (unpaired) electrons. The van der Waals surface area contributed by atoms with Crippen LogP contribution in [0.2, 0.25) is 0 Å². The second kappa shape index (κ2) is 10.2. The van der Waals surface area contributed by atoms with Crippen LogP contribution in [0.3, 0.4) is 0 Å². The van der Waals surface area contributed by atoms with Crippen molar-refractivity contribution in [3.63, 3.8) is 0 Å². The third-order valence-electron chi connectivity index (χ3n) is 9.68. The summed E-state index contributed by atoms with van der Waals surface area (Å²) in [7, 11) is 0. The molecule has 5 atom stereocenters. The number of esters is 1. The minimum absolute atomic E-state index is 0.0307. The minimum atomic E-state index is -2.27. The smallest absolute Gasteiger partial charge is 0.312 e. The van der Waals surface area contributed by atoms with Crippen molar-refractivity contribution >= 4 is 46.6 Å². The summed E-state index contributed by atoms with van der Waals surface area (Å²) >= 11 is 0. The summed E-state index contributed by atoms with van der Waals surface area (Å²) in [5.41, 5.74) is -4.50. The van der Waals surface area contributed by atoms with E-state index in [1.165, 1.54) is 13.0 Å². The van der Waals surface area contributed by atoms with Crippen LogP contribution in [0.4, 0.5) is 15.8 Å². The van der Waals surface area contributed by atoms with E-state index < -0.39 is 69.7 Å². The number of Topliss-reactive ketones (excluding diaryl/α,β-unsaturated/α-hetero) is 1. The first-order valence-electron chi connectivity index (χ1n) is 15.4. The average Bonchev–Trinajstić information content (AvgIpc) is 3.40. The lowest BCUT2D eigenvalue weighted by Crippen LogP contribution is -2.72. The number of anilines is 2. The van der Waals surface area contributed by atoms with Gasteiger partial charge in [-0.25, -0.2) is 9.29 Å². The molecule has 3 aromatic rings. The van der Waals surface area contributed by atoms with Gasteiger partial charge in [0.25, 0.3) is 5.91 Å². The highest BCUT2D eigenvalue weighted by molar-refractivity contribution is 6.27. The number of benzene rings is 3. The third-order valence-corrected chi connectivity index (χ3v) is 9.68. The molecular weight excluding hydrogens is 605 g/mol. The van der Waals surface area contributed by atoms with Crippen molar-refractivity contribution in [1.82, 2.24) is 0 Å². The molecule has 0 aromatic heterocycles. The molecule has 47 heavy (non-hydrogen) atoms. The molecule has 1 saturated carbocycles. The van der Waals surface area contributed by atoms with Crippen LogP contribution in [0.5, 0.6) is 5.75 Å². The summed E-state index contributed by atoms with van der Waals surface area (Å²) in [4.78, 5) is 73.6. The van der Waals surface area contributed by atoms with Gasteiger partial charge in [0.05, 0.1) is 34.5 Å². The zero-order valence-corrected chi connectivity index (χ0v) is 26.4. The number of carbonyl (C=O) groups excluding carboxylic acids is 5. The first-order valence-corrected chi connectivity index (χ1v) is 15.4. The van der Waals surface area contributed by atoms with Crippen LogP contribution in [0.25, 0.3) is 0 Å². The molecule has 3 heterocycles. The molecule has 4 aliphatic rings. The number of carbonyl (C=O) groups is 5. The van der Waals surface area contributed by atoms with E-state index in [-0.39, 0.29) is 34.7 Å². The molecule has 11 heteroatoms. The molecule has 7 rings (SSSR count). The summed E-state index contributed by atoms with van der Waals surface area (Å²) in [6.45, 7) is 7.68. The number of imide groups is 1. The van der Waals surface area contributed by atoms with Crippen molar-refractivity contribution in [2.45, 2.75) is 58.2 Å². The number of hydrazone groups is 1. The van der Waals surface area contributed by atoms with Gasteiger partial charge in [-0.1, -0.05) is 30.3 Å². The number of hydrogen-bond donors (Lipinski definition) is 0. The highest BCUT2D eigenvalue weighted by atomic mass is 19.1. The van der Waals surface area contributed by atoms with Gasteiger partial charge >= 0.3 is 5.97 Å². The Labute approximate surface area is 270 Å². The van der Waals surface area contributed by atoms with E-state index in [0.717, 1.165) is 22.0 Å². The number of nitrogens with zero attached hydrogens (tertiary/aromatic N) is 3. The van der Waals surface area contributed by atoms with Crippen LogP contribution >= 0.6 is 0 Å². The summed E-state index contributed by atoms with van der Waals surface area (Å²) in [5, 5.41) is 5.80. The third kappa shape index (κ3) is 4.08. The largest absolute Gasteiger partial charge is 0.487 e. The molecule has 2 spiro atoms. The maximum Gasteiger partial charge on any atom is 0.312 e. The molecule has 1 fully saturated rings. The van der Waals surface area contributed by atoms with Gasteiger partial charge in [-0.15, -0.1) is 0 Å². The molecule has 1 aliphatic carbocycles. The summed E-state index contributed by atoms with van der Waals surface area (Å²) < 4.78 is 27.9. The van der Waals surface area contributed by atoms with Crippen LogP contribution in [-0.4, -0.2) is 46.9 Å². The van der Waals surface area contributed by atoms with Gasteiger partial charge < -0.3 is 9.47 Å². The van der Waals surface area contributed by atoms with Crippen LogP contribution in [0, 0.1) is 23.1 Å². The Bertz CT molecular complexity index is 1940. The molecule has 0 N–H and O–H groups in total. The molecule has 0 bridgehead atoms. The van der Waals surface area contributed by atoms with Gasteiger partial charge in [-0.05, 0) is 82.1 Å². The minimum Gasteiger partial charge on any atom is -0.487 e. The number of ether oxygens (including phenoxy) is 2. The number of para-hydroxylation sites is 2. The molecule has 0 unspecified atom stereocenters. The topological polar surface area (TPSA) is 123 Å². The number of rotatable bonds is 2. The lowest BCUT2D eigenvalue weighted by atomic mass is 9.46. The lowest BCUT2D eigenvalue weighted by Gasteiger charge is -2.55. The number of fused-ring (bicyclic) bond motifs is 5. The van der Waals surface area contributed by atoms with Gasteiger partial charge in [0.1, 0.15) is 34.1 Å². The second-order valence-corrected chi connectivity index (χ2v) is 13.5. The highest BCUT2D eigenvalue weighted by Crippen LogP contribution is 2.64. The maximum atomic E-state index is 15.4. The van der Waals surface area contributed by atoms with Crippen molar-refractivity contribution in [2.75, 3.05) is 9.91 Å². The number of ketones is 1. The van der Waals surface area contributed by atoms with Crippen molar-refractivity contribution in [3.05, 3.63) is 89.7 Å². The van der Waals surface area contributed by atoms with Crippen LogP contribution < -0.4 is 14.6 Å². The Hall–Kier alpha value is -5.19. The fourth-order valence-corrected chi connectivity index (χ4v) is 7.96. The predicted octanol–water partition coefficient (Wildman–Crippen LogP) is 4.99. The zero-order valence-electron chi connectivity index (χ0n) is 26.4. The van der Waals surface area contributed by atoms with E-state index in [4.69, 9.17) is 9.47 Å². The van der Waals surface area contributed by atoms with Gasteiger partial charge in [-0.3, -0.25) is 24.0 Å². The lowest BCUT2D eigenvalue weighted by molar-refractivity contribution is -0.180. The molecule has 0 saturated heterocycles. The fraction of sp³-hybridized carbons (Fsp3) is 0.333. The zero-order chi connectivity index (χ0) is 33.6. The monoisotopic (exact) mass is 637 g/mol. The van der Waals surface area contributed by atoms with Crippen LogP contribution in [-0.2, 0) is 29.3 Å². The van der Waals surface area contributed by atoms with E-state index in [0.29, 0.717) is 5.69 Å². The maximum absolute atomic E-state index is 15.4. The van der Waals surface area contributed by atoms with E-state index in [1.807, 2.05) is 0 Å². The number of hydrogen-bond acceptors (Lipinski definition) is 8. The molecule has 240 valence electrons. The van der Waals surface area contributed by atoms with Crippen molar-refractivity contribution in [2.24, 2.45) is 22.4 Å². The highest BCUT2D eigenvalue weighted by Gasteiger charge is 2.79. The first-order chi connectivity index (χ1) is 22.2. The predicted molar refractivity (Wildman–Crippen MR) is 168 cm³/mol. The van der Waals surface area contributed by atoms with E-state index in [2.05, 4.69) is 5.10 Å². The fourth-order valence-electron chi connectivity index (χ4n) is 7.96. The van der Waals surface area contributed by atoms with Gasteiger partial charge in [-0.2, -0.15) is 10.1 Å². The normalized spacial score (nSPS) is 27.7. The van der Waals surface area contributed by atoms with E-state index in [9.17, 15) is 14.4 Å². The Morgan fingerprint density at radius 1 is 0.979 bits per heavy atom.